The van der Waals surface area contributed by atoms with Crippen LogP contribution in [0.15, 0.2) is 24.3 Å². The lowest BCUT2D eigenvalue weighted by atomic mass is 9.95. The molecule has 0 aliphatic carbocycles. The van der Waals surface area contributed by atoms with Crippen molar-refractivity contribution in [3.63, 3.8) is 0 Å². The Balaban J connectivity index is 1.81. The topological polar surface area (TPSA) is 26.7 Å². The van der Waals surface area contributed by atoms with E-state index in [1.54, 1.807) is 0 Å². The van der Waals surface area contributed by atoms with E-state index in [0.29, 0.717) is 6.04 Å². The number of benzene rings is 1. The highest BCUT2D eigenvalue weighted by molar-refractivity contribution is 6.30. The number of aliphatic hydroxyl groups is 1. The number of nitrogens with zero attached hydrogens (tertiary/aromatic N) is 2. The van der Waals surface area contributed by atoms with Gasteiger partial charge in [0, 0.05) is 24.2 Å². The molecule has 118 valence electrons. The van der Waals surface area contributed by atoms with Crippen molar-refractivity contribution in [3.05, 3.63) is 34.9 Å². The van der Waals surface area contributed by atoms with E-state index in [4.69, 9.17) is 16.7 Å². The predicted molar refractivity (Wildman–Crippen MR) is 88.7 cm³/mol. The molecule has 0 bridgehead atoms. The number of likely N-dealkylation sites (tertiary alicyclic amines) is 1. The SMILES string of the molecule is C[C@H](c1ccc(Cl)cc1)N(C)CC1CCN(CCO)CC1. The second-order valence-electron chi connectivity index (χ2n) is 6.18. The fraction of sp³-hybridized carbons (Fsp3) is 0.647. The smallest absolute Gasteiger partial charge is 0.0558 e. The van der Waals surface area contributed by atoms with Crippen LogP contribution in [0, 0.1) is 5.92 Å². The van der Waals surface area contributed by atoms with Gasteiger partial charge in [-0.3, -0.25) is 4.90 Å². The van der Waals surface area contributed by atoms with Crippen LogP contribution in [0.1, 0.15) is 31.4 Å². The number of hydrogen-bond acceptors (Lipinski definition) is 3. The molecule has 0 unspecified atom stereocenters. The normalized spacial score (nSPS) is 19.1. The fourth-order valence-corrected chi connectivity index (χ4v) is 3.22. The summed E-state index contributed by atoms with van der Waals surface area (Å²) < 4.78 is 0. The number of hydrogen-bond donors (Lipinski definition) is 1. The van der Waals surface area contributed by atoms with Crippen molar-refractivity contribution in [1.29, 1.82) is 0 Å². The molecule has 4 heteroatoms. The Labute approximate surface area is 133 Å². The zero-order valence-electron chi connectivity index (χ0n) is 13.1. The van der Waals surface area contributed by atoms with Gasteiger partial charge in [0.15, 0.2) is 0 Å². The van der Waals surface area contributed by atoms with Gasteiger partial charge >= 0.3 is 0 Å². The highest BCUT2D eigenvalue weighted by Crippen LogP contribution is 2.24. The minimum Gasteiger partial charge on any atom is -0.395 e. The van der Waals surface area contributed by atoms with Crippen molar-refractivity contribution >= 4 is 11.6 Å². The molecule has 0 radical (unpaired) electrons. The lowest BCUT2D eigenvalue weighted by Crippen LogP contribution is -2.39. The third kappa shape index (κ3) is 4.96. The Morgan fingerprint density at radius 1 is 1.29 bits per heavy atom. The van der Waals surface area contributed by atoms with Gasteiger partial charge in [0.2, 0.25) is 0 Å². The van der Waals surface area contributed by atoms with Gasteiger partial charge in [0.05, 0.1) is 6.61 Å². The molecule has 1 aromatic rings. The van der Waals surface area contributed by atoms with E-state index in [-0.39, 0.29) is 6.61 Å². The summed E-state index contributed by atoms with van der Waals surface area (Å²) in [7, 11) is 2.21. The van der Waals surface area contributed by atoms with Gasteiger partial charge in [0.25, 0.3) is 0 Å². The first-order valence-corrected chi connectivity index (χ1v) is 8.27. The molecule has 0 saturated carbocycles. The molecular formula is C17H27ClN2O. The van der Waals surface area contributed by atoms with E-state index >= 15 is 0 Å². The first-order chi connectivity index (χ1) is 10.1. The molecule has 1 aliphatic rings. The standard InChI is InChI=1S/C17H27ClN2O/c1-14(16-3-5-17(18)6-4-16)19(2)13-15-7-9-20(10-8-15)11-12-21/h3-6,14-15,21H,7-13H2,1-2H3/t14-/m1/s1. The summed E-state index contributed by atoms with van der Waals surface area (Å²) in [6.45, 7) is 6.73. The highest BCUT2D eigenvalue weighted by Gasteiger charge is 2.22. The largest absolute Gasteiger partial charge is 0.395 e. The molecule has 1 atom stereocenters. The van der Waals surface area contributed by atoms with Crippen LogP contribution >= 0.6 is 11.6 Å². The quantitative estimate of drug-likeness (QED) is 0.875. The van der Waals surface area contributed by atoms with Crippen LogP contribution in [0.5, 0.6) is 0 Å². The van der Waals surface area contributed by atoms with Crippen LogP contribution in [0.2, 0.25) is 5.02 Å². The van der Waals surface area contributed by atoms with Crippen molar-refractivity contribution in [3.8, 4) is 0 Å². The molecular weight excluding hydrogens is 284 g/mol. The zero-order valence-corrected chi connectivity index (χ0v) is 13.9. The summed E-state index contributed by atoms with van der Waals surface area (Å²) in [6, 6.07) is 8.59. The first-order valence-electron chi connectivity index (χ1n) is 7.89. The van der Waals surface area contributed by atoms with E-state index in [2.05, 4.69) is 35.9 Å². The summed E-state index contributed by atoms with van der Waals surface area (Å²) in [5.74, 6) is 0.764. The monoisotopic (exact) mass is 310 g/mol. The highest BCUT2D eigenvalue weighted by atomic mass is 35.5. The average Bonchev–Trinajstić information content (AvgIpc) is 2.49. The summed E-state index contributed by atoms with van der Waals surface area (Å²) >= 11 is 5.95. The minimum atomic E-state index is 0.276. The Morgan fingerprint density at radius 3 is 2.48 bits per heavy atom. The van der Waals surface area contributed by atoms with Gasteiger partial charge < -0.3 is 10.0 Å². The van der Waals surface area contributed by atoms with Crippen LogP contribution in [0.3, 0.4) is 0 Å². The number of piperidine rings is 1. The minimum absolute atomic E-state index is 0.276. The molecule has 0 amide bonds. The number of β-amino-alcohol motifs (C(OH)–C–C–N with tert-alkyl or cyclic N) is 1. The maximum atomic E-state index is 8.99. The zero-order chi connectivity index (χ0) is 15.2. The first kappa shape index (κ1) is 16.8. The average molecular weight is 311 g/mol. The number of halogens is 1. The summed E-state index contributed by atoms with van der Waals surface area (Å²) in [6.07, 6.45) is 2.47. The van der Waals surface area contributed by atoms with E-state index in [0.717, 1.165) is 37.1 Å². The summed E-state index contributed by atoms with van der Waals surface area (Å²) in [5, 5.41) is 9.79. The Hall–Kier alpha value is -0.610. The molecule has 1 aromatic carbocycles. The summed E-state index contributed by atoms with van der Waals surface area (Å²) in [5.41, 5.74) is 1.32. The van der Waals surface area contributed by atoms with Gasteiger partial charge in [-0.25, -0.2) is 0 Å². The molecule has 0 spiro atoms. The second-order valence-corrected chi connectivity index (χ2v) is 6.61. The van der Waals surface area contributed by atoms with Crippen molar-refractivity contribution in [2.24, 2.45) is 5.92 Å². The molecule has 0 aromatic heterocycles. The molecule has 1 saturated heterocycles. The Bertz CT molecular complexity index is 415. The van der Waals surface area contributed by atoms with E-state index < -0.39 is 0 Å². The Kier molecular flexibility index (Phi) is 6.49. The van der Waals surface area contributed by atoms with Gasteiger partial charge in [-0.2, -0.15) is 0 Å². The lowest BCUT2D eigenvalue weighted by Gasteiger charge is -2.35. The lowest BCUT2D eigenvalue weighted by molar-refractivity contribution is 0.121. The number of aliphatic hydroxyl groups excluding tert-OH is 1. The van der Waals surface area contributed by atoms with Gasteiger partial charge in [-0.1, -0.05) is 23.7 Å². The van der Waals surface area contributed by atoms with Gasteiger partial charge in [-0.15, -0.1) is 0 Å². The number of rotatable bonds is 6. The molecule has 1 N–H and O–H groups in total. The van der Waals surface area contributed by atoms with E-state index in [1.807, 2.05) is 12.1 Å². The van der Waals surface area contributed by atoms with Gasteiger partial charge in [-0.05, 0) is 63.5 Å². The van der Waals surface area contributed by atoms with Crippen molar-refractivity contribution in [1.82, 2.24) is 9.80 Å². The molecule has 21 heavy (non-hydrogen) atoms. The van der Waals surface area contributed by atoms with Crippen molar-refractivity contribution in [2.45, 2.75) is 25.8 Å². The molecule has 1 fully saturated rings. The van der Waals surface area contributed by atoms with Crippen LogP contribution in [-0.2, 0) is 0 Å². The Morgan fingerprint density at radius 2 is 1.90 bits per heavy atom. The van der Waals surface area contributed by atoms with Crippen molar-refractivity contribution in [2.75, 3.05) is 39.8 Å². The molecule has 2 rings (SSSR count). The van der Waals surface area contributed by atoms with E-state index in [9.17, 15) is 0 Å². The molecule has 3 nitrogen and oxygen atoms in total. The molecule has 1 heterocycles. The second kappa shape index (κ2) is 8.14. The van der Waals surface area contributed by atoms with Crippen LogP contribution in [0.25, 0.3) is 0 Å². The third-order valence-corrected chi connectivity index (χ3v) is 4.94. The fourth-order valence-electron chi connectivity index (χ4n) is 3.10. The maximum absolute atomic E-state index is 8.99. The third-order valence-electron chi connectivity index (χ3n) is 4.68. The summed E-state index contributed by atoms with van der Waals surface area (Å²) in [4.78, 5) is 4.80. The predicted octanol–water partition coefficient (Wildman–Crippen LogP) is 3.04. The van der Waals surface area contributed by atoms with E-state index in [1.165, 1.54) is 18.4 Å². The van der Waals surface area contributed by atoms with Crippen LogP contribution < -0.4 is 0 Å². The van der Waals surface area contributed by atoms with Gasteiger partial charge in [0.1, 0.15) is 0 Å². The van der Waals surface area contributed by atoms with Crippen LogP contribution in [-0.4, -0.2) is 54.7 Å². The van der Waals surface area contributed by atoms with Crippen LogP contribution in [0.4, 0.5) is 0 Å². The molecule has 1 aliphatic heterocycles. The maximum Gasteiger partial charge on any atom is 0.0558 e. The van der Waals surface area contributed by atoms with Crippen molar-refractivity contribution < 1.29 is 5.11 Å².